The lowest BCUT2D eigenvalue weighted by Gasteiger charge is -2.35. The second kappa shape index (κ2) is 9.08. The molecule has 3 amide bonds. The van der Waals surface area contributed by atoms with Crippen molar-refractivity contribution < 1.29 is 14.3 Å². The molecule has 2 rings (SSSR count). The molecule has 1 heterocycles. The number of nitrogens with one attached hydrogen (secondary N) is 1. The van der Waals surface area contributed by atoms with Crippen molar-refractivity contribution in [3.63, 3.8) is 0 Å². The van der Waals surface area contributed by atoms with E-state index in [9.17, 15) is 9.59 Å². The van der Waals surface area contributed by atoms with Gasteiger partial charge in [-0.2, -0.15) is 0 Å². The van der Waals surface area contributed by atoms with Gasteiger partial charge >= 0.3 is 12.1 Å². The fourth-order valence-corrected chi connectivity index (χ4v) is 2.84. The van der Waals surface area contributed by atoms with Gasteiger partial charge < -0.3 is 24.8 Å². The van der Waals surface area contributed by atoms with Gasteiger partial charge in [0.2, 0.25) is 0 Å². The summed E-state index contributed by atoms with van der Waals surface area (Å²) in [6.45, 7) is 8.93. The Bertz CT molecular complexity index is 630. The molecule has 0 aliphatic carbocycles. The van der Waals surface area contributed by atoms with Gasteiger partial charge in [-0.1, -0.05) is 24.3 Å². The molecule has 27 heavy (non-hydrogen) atoms. The minimum absolute atomic E-state index is 0.101. The smallest absolute Gasteiger partial charge is 0.410 e. The summed E-state index contributed by atoms with van der Waals surface area (Å²) in [5.74, 6) is 0. The van der Waals surface area contributed by atoms with Crippen LogP contribution in [0.15, 0.2) is 24.3 Å². The van der Waals surface area contributed by atoms with Crippen molar-refractivity contribution >= 4 is 12.1 Å². The summed E-state index contributed by atoms with van der Waals surface area (Å²) in [6.07, 6.45) is -0.319. The number of rotatable bonds is 4. The van der Waals surface area contributed by atoms with Crippen molar-refractivity contribution in [1.29, 1.82) is 0 Å². The largest absolute Gasteiger partial charge is 0.444 e. The van der Waals surface area contributed by atoms with Gasteiger partial charge in [0.1, 0.15) is 5.60 Å². The van der Waals surface area contributed by atoms with Crippen LogP contribution < -0.4 is 5.32 Å². The average Bonchev–Trinajstić information content (AvgIpc) is 2.59. The van der Waals surface area contributed by atoms with E-state index in [1.54, 1.807) is 9.80 Å². The van der Waals surface area contributed by atoms with Crippen LogP contribution >= 0.6 is 0 Å². The molecule has 1 saturated heterocycles. The minimum Gasteiger partial charge on any atom is -0.444 e. The molecular formula is C20H32N4O3. The quantitative estimate of drug-likeness (QED) is 0.877. The van der Waals surface area contributed by atoms with Crippen LogP contribution in [0.5, 0.6) is 0 Å². The number of piperazine rings is 1. The van der Waals surface area contributed by atoms with E-state index in [-0.39, 0.29) is 12.1 Å². The fraction of sp³-hybridized carbons (Fsp3) is 0.600. The van der Waals surface area contributed by atoms with Gasteiger partial charge in [-0.3, -0.25) is 0 Å². The van der Waals surface area contributed by atoms with E-state index in [1.165, 1.54) is 5.56 Å². The number of urea groups is 1. The molecule has 0 radical (unpaired) electrons. The number of carbonyl (C=O) groups is 2. The van der Waals surface area contributed by atoms with Gasteiger partial charge in [0.15, 0.2) is 0 Å². The first-order valence-corrected chi connectivity index (χ1v) is 9.37. The monoisotopic (exact) mass is 376 g/mol. The van der Waals surface area contributed by atoms with Gasteiger partial charge in [-0.15, -0.1) is 0 Å². The Morgan fingerprint density at radius 1 is 1.00 bits per heavy atom. The third-order valence-corrected chi connectivity index (χ3v) is 4.18. The Morgan fingerprint density at radius 2 is 1.52 bits per heavy atom. The first kappa shape index (κ1) is 21.0. The molecule has 0 saturated carbocycles. The van der Waals surface area contributed by atoms with E-state index >= 15 is 0 Å². The summed E-state index contributed by atoms with van der Waals surface area (Å²) in [7, 11) is 4.08. The molecule has 1 fully saturated rings. The second-order valence-corrected chi connectivity index (χ2v) is 8.17. The van der Waals surface area contributed by atoms with Gasteiger partial charge in [-0.05, 0) is 46.0 Å². The number of carbonyl (C=O) groups excluding carboxylic acids is 2. The van der Waals surface area contributed by atoms with Crippen molar-refractivity contribution in [3.8, 4) is 0 Å². The molecular weight excluding hydrogens is 344 g/mol. The SMILES string of the molecule is CN(C)Cc1ccc(CNC(=O)N2CCN(C(=O)OC(C)(C)C)CC2)cc1. The lowest BCUT2D eigenvalue weighted by Crippen LogP contribution is -2.53. The van der Waals surface area contributed by atoms with Crippen LogP contribution in [0.1, 0.15) is 31.9 Å². The Kier molecular flexibility index (Phi) is 7.07. The first-order chi connectivity index (χ1) is 12.6. The van der Waals surface area contributed by atoms with Crippen LogP contribution in [0.2, 0.25) is 0 Å². The lowest BCUT2D eigenvalue weighted by atomic mass is 10.1. The molecule has 0 aromatic heterocycles. The summed E-state index contributed by atoms with van der Waals surface area (Å²) in [4.78, 5) is 29.9. The maximum Gasteiger partial charge on any atom is 0.410 e. The van der Waals surface area contributed by atoms with E-state index in [0.29, 0.717) is 32.7 Å². The highest BCUT2D eigenvalue weighted by Crippen LogP contribution is 2.12. The maximum absolute atomic E-state index is 12.4. The average molecular weight is 377 g/mol. The normalized spacial score (nSPS) is 15.0. The zero-order chi connectivity index (χ0) is 20.0. The molecule has 0 bridgehead atoms. The molecule has 1 aromatic carbocycles. The maximum atomic E-state index is 12.4. The Labute approximate surface area is 162 Å². The van der Waals surface area contributed by atoms with Crippen molar-refractivity contribution in [2.75, 3.05) is 40.3 Å². The molecule has 0 atom stereocenters. The molecule has 1 aromatic rings. The molecule has 1 aliphatic rings. The van der Waals surface area contributed by atoms with Crippen molar-refractivity contribution in [1.82, 2.24) is 20.0 Å². The standard InChI is InChI=1S/C20H32N4O3/c1-20(2,3)27-19(26)24-12-10-23(11-13-24)18(25)21-14-16-6-8-17(9-7-16)15-22(4)5/h6-9H,10-15H2,1-5H3,(H,21,25). The predicted molar refractivity (Wildman–Crippen MR) is 105 cm³/mol. The number of hydrogen-bond donors (Lipinski definition) is 1. The Morgan fingerprint density at radius 3 is 2.04 bits per heavy atom. The number of benzene rings is 1. The van der Waals surface area contributed by atoms with Crippen LogP contribution in [-0.4, -0.2) is 72.7 Å². The molecule has 1 aliphatic heterocycles. The molecule has 0 spiro atoms. The van der Waals surface area contributed by atoms with Crippen LogP contribution in [0.25, 0.3) is 0 Å². The molecule has 0 unspecified atom stereocenters. The van der Waals surface area contributed by atoms with Crippen LogP contribution in [0.3, 0.4) is 0 Å². The number of nitrogens with zero attached hydrogens (tertiary/aromatic N) is 3. The van der Waals surface area contributed by atoms with Gasteiger partial charge in [0.25, 0.3) is 0 Å². The van der Waals surface area contributed by atoms with Crippen molar-refractivity contribution in [2.45, 2.75) is 39.5 Å². The highest BCUT2D eigenvalue weighted by molar-refractivity contribution is 5.75. The third-order valence-electron chi connectivity index (χ3n) is 4.18. The summed E-state index contributed by atoms with van der Waals surface area (Å²) in [5, 5.41) is 2.95. The van der Waals surface area contributed by atoms with E-state index in [2.05, 4.69) is 22.3 Å². The third kappa shape index (κ3) is 7.09. The summed E-state index contributed by atoms with van der Waals surface area (Å²) in [5.41, 5.74) is 1.81. The lowest BCUT2D eigenvalue weighted by molar-refractivity contribution is 0.0170. The number of hydrogen-bond acceptors (Lipinski definition) is 4. The fourth-order valence-electron chi connectivity index (χ4n) is 2.84. The van der Waals surface area contributed by atoms with Gasteiger partial charge in [-0.25, -0.2) is 9.59 Å². The second-order valence-electron chi connectivity index (χ2n) is 8.17. The molecule has 7 nitrogen and oxygen atoms in total. The summed E-state index contributed by atoms with van der Waals surface area (Å²) in [6, 6.07) is 8.15. The van der Waals surface area contributed by atoms with Crippen LogP contribution in [-0.2, 0) is 17.8 Å². The predicted octanol–water partition coefficient (Wildman–Crippen LogP) is 2.51. The van der Waals surface area contributed by atoms with Gasteiger partial charge in [0, 0.05) is 39.3 Å². The highest BCUT2D eigenvalue weighted by atomic mass is 16.6. The topological polar surface area (TPSA) is 65.1 Å². The highest BCUT2D eigenvalue weighted by Gasteiger charge is 2.27. The van der Waals surface area contributed by atoms with Crippen LogP contribution in [0.4, 0.5) is 9.59 Å². The van der Waals surface area contributed by atoms with Gasteiger partial charge in [0.05, 0.1) is 0 Å². The summed E-state index contributed by atoms with van der Waals surface area (Å²) < 4.78 is 5.38. The minimum atomic E-state index is -0.506. The van der Waals surface area contributed by atoms with E-state index in [1.807, 2.05) is 47.0 Å². The van der Waals surface area contributed by atoms with Crippen molar-refractivity contribution in [2.24, 2.45) is 0 Å². The molecule has 7 heteroatoms. The number of amides is 3. The number of ether oxygens (including phenoxy) is 1. The van der Waals surface area contributed by atoms with Crippen molar-refractivity contribution in [3.05, 3.63) is 35.4 Å². The summed E-state index contributed by atoms with van der Waals surface area (Å²) >= 11 is 0. The Hall–Kier alpha value is -2.28. The van der Waals surface area contributed by atoms with E-state index in [4.69, 9.17) is 4.74 Å². The first-order valence-electron chi connectivity index (χ1n) is 9.37. The molecule has 1 N–H and O–H groups in total. The van der Waals surface area contributed by atoms with E-state index < -0.39 is 5.60 Å². The van der Waals surface area contributed by atoms with Crippen LogP contribution in [0, 0.1) is 0 Å². The van der Waals surface area contributed by atoms with E-state index in [0.717, 1.165) is 12.1 Å². The zero-order valence-corrected chi connectivity index (χ0v) is 17.1. The molecule has 150 valence electrons. The Balaban J connectivity index is 1.75. The zero-order valence-electron chi connectivity index (χ0n) is 17.1.